The first-order valence-corrected chi connectivity index (χ1v) is 10.6. The van der Waals surface area contributed by atoms with E-state index in [0.717, 1.165) is 25.7 Å². The van der Waals surface area contributed by atoms with Gasteiger partial charge in [0.25, 0.3) is 5.91 Å². The Labute approximate surface area is 170 Å². The first kappa shape index (κ1) is 22.2. The minimum absolute atomic E-state index is 0.0126. The molecule has 156 valence electrons. The molecule has 0 radical (unpaired) electrons. The Morgan fingerprint density at radius 3 is 2.61 bits per heavy atom. The van der Waals surface area contributed by atoms with Gasteiger partial charge in [0, 0.05) is 19.6 Å². The molecule has 1 aliphatic carbocycles. The lowest BCUT2D eigenvalue weighted by atomic mass is 9.84. The number of carbonyl (C=O) groups excluding carboxylic acids is 3. The first-order valence-electron chi connectivity index (χ1n) is 9.71. The van der Waals surface area contributed by atoms with E-state index in [1.807, 2.05) is 32.2 Å². The lowest BCUT2D eigenvalue weighted by Crippen LogP contribution is -2.49. The molecule has 2 unspecified atom stereocenters. The molecule has 0 spiro atoms. The number of ether oxygens (including phenoxy) is 1. The van der Waals surface area contributed by atoms with E-state index in [9.17, 15) is 14.4 Å². The molecular formula is C20H31N3O4S. The Kier molecular flexibility index (Phi) is 7.86. The normalized spacial score (nSPS) is 19.6. The van der Waals surface area contributed by atoms with Gasteiger partial charge in [-0.1, -0.05) is 18.9 Å². The summed E-state index contributed by atoms with van der Waals surface area (Å²) in [5, 5.41) is 7.70. The molecular weight excluding hydrogens is 378 g/mol. The summed E-state index contributed by atoms with van der Waals surface area (Å²) in [5.41, 5.74) is -0.538. The van der Waals surface area contributed by atoms with Crippen LogP contribution in [-0.2, 0) is 9.53 Å². The van der Waals surface area contributed by atoms with Gasteiger partial charge in [0.15, 0.2) is 0 Å². The van der Waals surface area contributed by atoms with E-state index in [1.54, 1.807) is 13.1 Å². The molecule has 0 bridgehead atoms. The monoisotopic (exact) mass is 409 g/mol. The smallest absolute Gasteiger partial charge is 0.407 e. The maximum atomic E-state index is 12.5. The molecule has 1 saturated carbocycles. The van der Waals surface area contributed by atoms with Crippen molar-refractivity contribution in [1.29, 1.82) is 0 Å². The van der Waals surface area contributed by atoms with Crippen molar-refractivity contribution in [2.24, 2.45) is 5.92 Å². The van der Waals surface area contributed by atoms with Crippen LogP contribution in [0.3, 0.4) is 0 Å². The number of hydrogen-bond acceptors (Lipinski definition) is 5. The van der Waals surface area contributed by atoms with Crippen LogP contribution in [-0.4, -0.2) is 54.6 Å². The van der Waals surface area contributed by atoms with Crippen LogP contribution in [0, 0.1) is 5.92 Å². The molecule has 28 heavy (non-hydrogen) atoms. The lowest BCUT2D eigenvalue weighted by molar-refractivity contribution is -0.122. The van der Waals surface area contributed by atoms with Gasteiger partial charge >= 0.3 is 6.09 Å². The fourth-order valence-electron chi connectivity index (χ4n) is 3.30. The highest BCUT2D eigenvalue weighted by atomic mass is 32.1. The van der Waals surface area contributed by atoms with Crippen LogP contribution in [0.5, 0.6) is 0 Å². The maximum Gasteiger partial charge on any atom is 0.407 e. The summed E-state index contributed by atoms with van der Waals surface area (Å²) in [5.74, 6) is -0.179. The molecule has 1 fully saturated rings. The zero-order valence-corrected chi connectivity index (χ0v) is 17.9. The van der Waals surface area contributed by atoms with Crippen molar-refractivity contribution in [3.63, 3.8) is 0 Å². The topological polar surface area (TPSA) is 87.7 Å². The average molecular weight is 410 g/mol. The molecule has 0 aromatic carbocycles. The van der Waals surface area contributed by atoms with Gasteiger partial charge in [-0.15, -0.1) is 11.3 Å². The molecule has 0 aliphatic heterocycles. The molecule has 2 N–H and O–H groups in total. The zero-order chi connectivity index (χ0) is 20.7. The van der Waals surface area contributed by atoms with Crippen molar-refractivity contribution in [2.75, 3.05) is 20.1 Å². The molecule has 7 nitrogen and oxygen atoms in total. The van der Waals surface area contributed by atoms with Crippen LogP contribution in [0.4, 0.5) is 4.79 Å². The van der Waals surface area contributed by atoms with Crippen LogP contribution in [0.15, 0.2) is 17.5 Å². The van der Waals surface area contributed by atoms with Crippen molar-refractivity contribution in [1.82, 2.24) is 15.5 Å². The zero-order valence-electron chi connectivity index (χ0n) is 17.1. The Balaban J connectivity index is 1.83. The van der Waals surface area contributed by atoms with E-state index >= 15 is 0 Å². The third-order valence-electron chi connectivity index (χ3n) is 4.62. The van der Waals surface area contributed by atoms with Crippen LogP contribution in [0.25, 0.3) is 0 Å². The number of hydrogen-bond donors (Lipinski definition) is 2. The summed E-state index contributed by atoms with van der Waals surface area (Å²) in [6, 6.07) is 3.55. The molecule has 2 atom stereocenters. The average Bonchev–Trinajstić information content (AvgIpc) is 3.13. The minimum atomic E-state index is -0.538. The number of rotatable bonds is 6. The van der Waals surface area contributed by atoms with E-state index in [0.29, 0.717) is 11.4 Å². The number of likely N-dealkylation sites (N-methyl/N-ethyl adjacent to an activating group) is 1. The van der Waals surface area contributed by atoms with Gasteiger partial charge < -0.3 is 20.3 Å². The van der Waals surface area contributed by atoms with Crippen molar-refractivity contribution in [2.45, 2.75) is 58.1 Å². The largest absolute Gasteiger partial charge is 0.444 e. The van der Waals surface area contributed by atoms with Crippen LogP contribution >= 0.6 is 11.3 Å². The van der Waals surface area contributed by atoms with Crippen LogP contribution in [0.2, 0.25) is 0 Å². The molecule has 1 heterocycles. The lowest BCUT2D eigenvalue weighted by Gasteiger charge is -2.33. The van der Waals surface area contributed by atoms with E-state index in [4.69, 9.17) is 4.74 Å². The molecule has 2 rings (SSSR count). The van der Waals surface area contributed by atoms with E-state index in [-0.39, 0.29) is 30.3 Å². The van der Waals surface area contributed by atoms with Crippen molar-refractivity contribution in [3.8, 4) is 0 Å². The summed E-state index contributed by atoms with van der Waals surface area (Å²) in [6.45, 7) is 5.95. The molecule has 0 saturated heterocycles. The highest BCUT2D eigenvalue weighted by Gasteiger charge is 2.28. The minimum Gasteiger partial charge on any atom is -0.444 e. The number of alkyl carbamates (subject to hydrolysis) is 1. The van der Waals surface area contributed by atoms with Crippen molar-refractivity contribution in [3.05, 3.63) is 22.4 Å². The summed E-state index contributed by atoms with van der Waals surface area (Å²) in [4.78, 5) is 38.7. The summed E-state index contributed by atoms with van der Waals surface area (Å²) in [7, 11) is 1.63. The van der Waals surface area contributed by atoms with Gasteiger partial charge in [-0.3, -0.25) is 9.59 Å². The van der Waals surface area contributed by atoms with Gasteiger partial charge in [-0.05, 0) is 51.0 Å². The Morgan fingerprint density at radius 2 is 1.96 bits per heavy atom. The molecule has 1 aromatic heterocycles. The van der Waals surface area contributed by atoms with Crippen molar-refractivity contribution >= 4 is 29.2 Å². The van der Waals surface area contributed by atoms with Crippen molar-refractivity contribution < 1.29 is 19.1 Å². The third-order valence-corrected chi connectivity index (χ3v) is 5.48. The van der Waals surface area contributed by atoms with E-state index in [2.05, 4.69) is 10.6 Å². The Bertz CT molecular complexity index is 669. The van der Waals surface area contributed by atoms with E-state index < -0.39 is 11.7 Å². The van der Waals surface area contributed by atoms with Crippen LogP contribution in [0.1, 0.15) is 56.1 Å². The first-order chi connectivity index (χ1) is 13.2. The van der Waals surface area contributed by atoms with Gasteiger partial charge in [-0.25, -0.2) is 4.79 Å². The maximum absolute atomic E-state index is 12.5. The Hall–Kier alpha value is -2.09. The predicted octanol–water partition coefficient (Wildman–Crippen LogP) is 3.02. The third kappa shape index (κ3) is 7.14. The number of nitrogens with one attached hydrogen (secondary N) is 2. The number of carbonyl (C=O) groups is 3. The quantitative estimate of drug-likeness (QED) is 0.756. The van der Waals surface area contributed by atoms with Gasteiger partial charge in [0.2, 0.25) is 5.91 Å². The second-order valence-corrected chi connectivity index (χ2v) is 9.19. The van der Waals surface area contributed by atoms with Gasteiger partial charge in [-0.2, -0.15) is 0 Å². The summed E-state index contributed by atoms with van der Waals surface area (Å²) in [6.07, 6.45) is 3.48. The standard InChI is InChI=1S/C20H31N3O4S/c1-20(2,3)27-19(26)21-12-14-8-5-6-9-15(14)22-17(24)13-23(4)18(25)16-10-7-11-28-16/h7,10-11,14-15H,5-6,8-9,12-13H2,1-4H3,(H,21,26)(H,22,24). The molecule has 1 aromatic rings. The SMILES string of the molecule is CN(CC(=O)NC1CCCCC1CNC(=O)OC(C)(C)C)C(=O)c1cccs1. The molecule has 8 heteroatoms. The second-order valence-electron chi connectivity index (χ2n) is 8.24. The van der Waals surface area contributed by atoms with Crippen LogP contribution < -0.4 is 10.6 Å². The highest BCUT2D eigenvalue weighted by Crippen LogP contribution is 2.24. The second kappa shape index (κ2) is 9.91. The number of thiophene rings is 1. The molecule has 3 amide bonds. The Morgan fingerprint density at radius 1 is 1.25 bits per heavy atom. The number of amides is 3. The predicted molar refractivity (Wildman–Crippen MR) is 109 cm³/mol. The van der Waals surface area contributed by atoms with Gasteiger partial charge in [0.05, 0.1) is 11.4 Å². The van der Waals surface area contributed by atoms with Gasteiger partial charge in [0.1, 0.15) is 5.60 Å². The highest BCUT2D eigenvalue weighted by molar-refractivity contribution is 7.12. The fraction of sp³-hybridized carbons (Fsp3) is 0.650. The summed E-state index contributed by atoms with van der Waals surface area (Å²) < 4.78 is 5.28. The fourth-order valence-corrected chi connectivity index (χ4v) is 4.02. The van der Waals surface area contributed by atoms with E-state index in [1.165, 1.54) is 16.2 Å². The molecule has 1 aliphatic rings. The number of nitrogens with zero attached hydrogens (tertiary/aromatic N) is 1. The summed E-state index contributed by atoms with van der Waals surface area (Å²) >= 11 is 1.36.